The molecule has 0 spiro atoms. The van der Waals surface area contributed by atoms with Gasteiger partial charge in [0.15, 0.2) is 5.54 Å². The van der Waals surface area contributed by atoms with E-state index in [1.165, 1.54) is 0 Å². The number of carbonyl (C=O) groups excluding carboxylic acids is 2. The number of carboxylic acids is 1. The summed E-state index contributed by atoms with van der Waals surface area (Å²) in [5, 5.41) is 15.4. The highest BCUT2D eigenvalue weighted by Gasteiger charge is 2.46. The number of carboxylic acid groups (broad SMARTS) is 1. The molecule has 1 unspecified atom stereocenters. The molecule has 1 fully saturated rings. The standard InChI is InChI=1S/C31H33N3O5/c1-21(17-28(35)33-31(29(36)37)15-16-34(20-31)18-22-9-3-2-4-10-22)32-30(38)39-19-27-25-13-7-5-11-23(25)24-12-6-8-14-26(24)27/h2-14,21,27H,15-20H2,1H3,(H,32,38)(H,33,35)(H,36,37)/t21-,31?/m1/s1. The number of hydrogen-bond acceptors (Lipinski definition) is 5. The minimum Gasteiger partial charge on any atom is -0.479 e. The summed E-state index contributed by atoms with van der Waals surface area (Å²) in [5.41, 5.74) is 4.27. The molecule has 1 aliphatic carbocycles. The SMILES string of the molecule is C[C@H](CC(=O)NC1(C(=O)O)CCN(Cc2ccccc2)C1)NC(=O)OCC1c2ccccc2-c2ccccc21. The average Bonchev–Trinajstić information content (AvgIpc) is 3.47. The van der Waals surface area contributed by atoms with Crippen LogP contribution in [0.3, 0.4) is 0 Å². The summed E-state index contributed by atoms with van der Waals surface area (Å²) in [4.78, 5) is 39.6. The van der Waals surface area contributed by atoms with E-state index in [0.717, 1.165) is 27.8 Å². The smallest absolute Gasteiger partial charge is 0.407 e. The number of ether oxygens (including phenoxy) is 1. The van der Waals surface area contributed by atoms with Gasteiger partial charge in [-0.2, -0.15) is 0 Å². The maximum absolute atomic E-state index is 12.8. The maximum atomic E-state index is 12.8. The molecule has 8 heteroatoms. The van der Waals surface area contributed by atoms with Crippen LogP contribution in [0.1, 0.15) is 42.4 Å². The zero-order valence-corrected chi connectivity index (χ0v) is 21.9. The van der Waals surface area contributed by atoms with Gasteiger partial charge in [-0.25, -0.2) is 9.59 Å². The summed E-state index contributed by atoms with van der Waals surface area (Å²) in [7, 11) is 0. The molecule has 1 heterocycles. The maximum Gasteiger partial charge on any atom is 0.407 e. The Kier molecular flexibility index (Phi) is 7.65. The number of alkyl carbamates (subject to hydrolysis) is 1. The lowest BCUT2D eigenvalue weighted by molar-refractivity contribution is -0.147. The number of nitrogens with zero attached hydrogens (tertiary/aromatic N) is 1. The largest absolute Gasteiger partial charge is 0.479 e. The first-order chi connectivity index (χ1) is 18.8. The Bertz CT molecular complexity index is 1320. The Morgan fingerprint density at radius 1 is 0.974 bits per heavy atom. The Hall–Kier alpha value is -4.17. The van der Waals surface area contributed by atoms with Gasteiger partial charge in [-0.3, -0.25) is 9.69 Å². The number of nitrogens with one attached hydrogen (secondary N) is 2. The van der Waals surface area contributed by atoms with E-state index in [0.29, 0.717) is 19.5 Å². The third-order valence-corrected chi connectivity index (χ3v) is 7.58. The molecule has 1 aliphatic heterocycles. The van der Waals surface area contributed by atoms with Crippen molar-refractivity contribution < 1.29 is 24.2 Å². The number of amides is 2. The minimum absolute atomic E-state index is 0.0571. The molecule has 2 atom stereocenters. The third kappa shape index (κ3) is 5.81. The highest BCUT2D eigenvalue weighted by molar-refractivity contribution is 5.88. The van der Waals surface area contributed by atoms with Crippen LogP contribution in [0, 0.1) is 0 Å². The van der Waals surface area contributed by atoms with Crippen molar-refractivity contribution in [2.24, 2.45) is 0 Å². The molecule has 3 aromatic rings. The quantitative estimate of drug-likeness (QED) is 0.386. The summed E-state index contributed by atoms with van der Waals surface area (Å²) in [5.74, 6) is -1.53. The van der Waals surface area contributed by atoms with Crippen LogP contribution < -0.4 is 10.6 Å². The first kappa shape index (κ1) is 26.4. The van der Waals surface area contributed by atoms with Crippen LogP contribution in [0.4, 0.5) is 4.79 Å². The number of aliphatic carboxylic acids is 1. The molecular weight excluding hydrogens is 494 g/mol. The van der Waals surface area contributed by atoms with Crippen molar-refractivity contribution in [2.45, 2.75) is 43.8 Å². The molecule has 3 aromatic carbocycles. The molecule has 0 radical (unpaired) electrons. The molecule has 2 amide bonds. The van der Waals surface area contributed by atoms with E-state index in [1.54, 1.807) is 6.92 Å². The molecular formula is C31H33N3O5. The molecule has 0 saturated carbocycles. The van der Waals surface area contributed by atoms with Gasteiger partial charge in [0, 0.05) is 38.0 Å². The van der Waals surface area contributed by atoms with Crippen LogP contribution in [0.2, 0.25) is 0 Å². The van der Waals surface area contributed by atoms with E-state index in [4.69, 9.17) is 4.74 Å². The van der Waals surface area contributed by atoms with Crippen molar-refractivity contribution in [2.75, 3.05) is 19.7 Å². The van der Waals surface area contributed by atoms with Crippen LogP contribution >= 0.6 is 0 Å². The van der Waals surface area contributed by atoms with E-state index >= 15 is 0 Å². The van der Waals surface area contributed by atoms with Crippen LogP contribution in [-0.2, 0) is 20.9 Å². The average molecular weight is 528 g/mol. The van der Waals surface area contributed by atoms with E-state index in [-0.39, 0.29) is 25.5 Å². The molecule has 0 bridgehead atoms. The van der Waals surface area contributed by atoms with Crippen molar-refractivity contribution in [3.63, 3.8) is 0 Å². The predicted molar refractivity (Wildman–Crippen MR) is 147 cm³/mol. The van der Waals surface area contributed by atoms with Gasteiger partial charge in [-0.05, 0) is 41.2 Å². The summed E-state index contributed by atoms with van der Waals surface area (Å²) in [6.45, 7) is 3.28. The van der Waals surface area contributed by atoms with Crippen LogP contribution in [0.25, 0.3) is 11.1 Å². The lowest BCUT2D eigenvalue weighted by Crippen LogP contribution is -2.57. The molecule has 1 saturated heterocycles. The lowest BCUT2D eigenvalue weighted by atomic mass is 9.98. The number of fused-ring (bicyclic) bond motifs is 3. The van der Waals surface area contributed by atoms with Crippen molar-refractivity contribution in [1.82, 2.24) is 15.5 Å². The van der Waals surface area contributed by atoms with Gasteiger partial charge in [0.2, 0.25) is 5.91 Å². The first-order valence-corrected chi connectivity index (χ1v) is 13.3. The molecule has 3 N–H and O–H groups in total. The van der Waals surface area contributed by atoms with Gasteiger partial charge in [0.1, 0.15) is 6.61 Å². The Morgan fingerprint density at radius 2 is 1.59 bits per heavy atom. The molecule has 0 aromatic heterocycles. The minimum atomic E-state index is -1.35. The number of rotatable bonds is 9. The number of benzene rings is 3. The Morgan fingerprint density at radius 3 is 2.23 bits per heavy atom. The fraction of sp³-hybridized carbons (Fsp3) is 0.323. The second-order valence-electron chi connectivity index (χ2n) is 10.5. The van der Waals surface area contributed by atoms with E-state index in [1.807, 2.05) is 59.5 Å². The zero-order valence-electron chi connectivity index (χ0n) is 21.9. The monoisotopic (exact) mass is 527 g/mol. The number of hydrogen-bond donors (Lipinski definition) is 3. The first-order valence-electron chi connectivity index (χ1n) is 13.3. The fourth-order valence-corrected chi connectivity index (χ4v) is 5.68. The van der Waals surface area contributed by atoms with Crippen LogP contribution in [-0.4, -0.2) is 59.3 Å². The van der Waals surface area contributed by atoms with Gasteiger partial charge in [0.25, 0.3) is 0 Å². The normalized spacial score (nSPS) is 19.1. The van der Waals surface area contributed by atoms with E-state index in [9.17, 15) is 19.5 Å². The summed E-state index contributed by atoms with van der Waals surface area (Å²) in [6.07, 6.45) is -0.354. The summed E-state index contributed by atoms with van der Waals surface area (Å²) in [6, 6.07) is 25.5. The third-order valence-electron chi connectivity index (χ3n) is 7.58. The molecule has 39 heavy (non-hydrogen) atoms. The van der Waals surface area contributed by atoms with Gasteiger partial charge < -0.3 is 20.5 Å². The van der Waals surface area contributed by atoms with Gasteiger partial charge >= 0.3 is 12.1 Å². The van der Waals surface area contributed by atoms with Crippen LogP contribution in [0.5, 0.6) is 0 Å². The Balaban J connectivity index is 1.12. The molecule has 5 rings (SSSR count). The molecule has 202 valence electrons. The van der Waals surface area contributed by atoms with E-state index in [2.05, 4.69) is 34.9 Å². The van der Waals surface area contributed by atoms with E-state index < -0.39 is 29.6 Å². The zero-order chi connectivity index (χ0) is 27.4. The summed E-state index contributed by atoms with van der Waals surface area (Å²) < 4.78 is 5.57. The van der Waals surface area contributed by atoms with Crippen molar-refractivity contribution >= 4 is 18.0 Å². The lowest BCUT2D eigenvalue weighted by Gasteiger charge is -2.27. The second-order valence-corrected chi connectivity index (χ2v) is 10.5. The second kappa shape index (κ2) is 11.3. The summed E-state index contributed by atoms with van der Waals surface area (Å²) >= 11 is 0. The highest BCUT2D eigenvalue weighted by Crippen LogP contribution is 2.44. The molecule has 8 nitrogen and oxygen atoms in total. The Labute approximate surface area is 228 Å². The number of carbonyl (C=O) groups is 3. The molecule has 2 aliphatic rings. The van der Waals surface area contributed by atoms with Crippen molar-refractivity contribution in [1.29, 1.82) is 0 Å². The van der Waals surface area contributed by atoms with Gasteiger partial charge in [0.05, 0.1) is 0 Å². The van der Waals surface area contributed by atoms with Gasteiger partial charge in [-0.1, -0.05) is 78.9 Å². The predicted octanol–water partition coefficient (Wildman–Crippen LogP) is 4.15. The number of likely N-dealkylation sites (tertiary alicyclic amines) is 1. The van der Waals surface area contributed by atoms with Crippen molar-refractivity contribution in [3.05, 3.63) is 95.6 Å². The van der Waals surface area contributed by atoms with Gasteiger partial charge in [-0.15, -0.1) is 0 Å². The topological polar surface area (TPSA) is 108 Å². The fourth-order valence-electron chi connectivity index (χ4n) is 5.68. The van der Waals surface area contributed by atoms with Crippen LogP contribution in [0.15, 0.2) is 78.9 Å². The van der Waals surface area contributed by atoms with Crippen molar-refractivity contribution in [3.8, 4) is 11.1 Å². The highest BCUT2D eigenvalue weighted by atomic mass is 16.5.